The van der Waals surface area contributed by atoms with Gasteiger partial charge in [0, 0.05) is 0 Å². The van der Waals surface area contributed by atoms with Crippen molar-refractivity contribution >= 4 is 23.8 Å². The first-order valence-electron chi connectivity index (χ1n) is 12.3. The third kappa shape index (κ3) is 8.12. The van der Waals surface area contributed by atoms with Gasteiger partial charge in [0.2, 0.25) is 0 Å². The van der Waals surface area contributed by atoms with E-state index in [4.69, 9.17) is 0 Å². The summed E-state index contributed by atoms with van der Waals surface area (Å²) in [7, 11) is 0. The van der Waals surface area contributed by atoms with Crippen LogP contribution in [0.3, 0.4) is 0 Å². The monoisotopic (exact) mass is 588 g/mol. The van der Waals surface area contributed by atoms with Crippen molar-refractivity contribution in [2.75, 3.05) is 105 Å². The van der Waals surface area contributed by atoms with Crippen LogP contribution in [0.25, 0.3) is 0 Å². The van der Waals surface area contributed by atoms with Crippen LogP contribution in [0.4, 0.5) is 0 Å². The fourth-order valence-corrected chi connectivity index (χ4v) is 4.96. The van der Waals surface area contributed by atoms with E-state index in [-0.39, 0.29) is 49.6 Å². The van der Waals surface area contributed by atoms with Crippen molar-refractivity contribution in [1.29, 1.82) is 0 Å². The molecule has 0 spiro atoms. The zero-order chi connectivity index (χ0) is 21.6. The zero-order valence-corrected chi connectivity index (χ0v) is 23.6. The molecule has 0 saturated carbocycles. The lowest BCUT2D eigenvalue weighted by Gasteiger charge is -1.88. The van der Waals surface area contributed by atoms with Crippen molar-refractivity contribution in [1.82, 2.24) is 42.5 Å². The Morgan fingerprint density at radius 3 is 0.528 bits per heavy atom. The second-order valence-corrected chi connectivity index (χ2v) is 8.76. The Morgan fingerprint density at radius 1 is 0.278 bits per heavy atom. The van der Waals surface area contributed by atoms with Crippen LogP contribution in [-0.2, 0) is 0 Å². The molecule has 16 heteroatoms. The first-order valence-corrected chi connectivity index (χ1v) is 12.3. The molecule has 0 aromatic carbocycles. The molecule has 8 aliphatic rings. The number of nitrogens with one attached hydrogen (secondary N) is 8. The van der Waals surface area contributed by atoms with E-state index >= 15 is 0 Å². The van der Waals surface area contributed by atoms with Crippen molar-refractivity contribution < 1.29 is 67.9 Å². The summed E-state index contributed by atoms with van der Waals surface area (Å²) in [6.45, 7) is 18.4. The highest BCUT2D eigenvalue weighted by Crippen LogP contribution is 1.91. The van der Waals surface area contributed by atoms with E-state index in [9.17, 15) is 0 Å². The first-order chi connectivity index (χ1) is 15.9. The van der Waals surface area contributed by atoms with Gasteiger partial charge in [-0.15, -0.1) is 0 Å². The van der Waals surface area contributed by atoms with Crippen LogP contribution >= 0.6 is 0 Å². The van der Waals surface area contributed by atoms with Crippen LogP contribution in [0, 0.1) is 0 Å². The topological polar surface area (TPSA) is 108 Å². The van der Waals surface area contributed by atoms with Crippen LogP contribution < -0.4 is 92.2 Å². The normalized spacial score (nSPS) is 22.2. The third-order valence-corrected chi connectivity index (χ3v) is 6.66. The van der Waals surface area contributed by atoms with Crippen molar-refractivity contribution in [2.45, 2.75) is 0 Å². The number of halogens is 4. The fraction of sp³-hybridized carbons (Fsp3) is 0.800. The highest BCUT2D eigenvalue weighted by atomic mass is 35.5. The summed E-state index contributed by atoms with van der Waals surface area (Å²) in [6.07, 6.45) is 0. The van der Waals surface area contributed by atoms with Crippen molar-refractivity contribution in [3.63, 3.8) is 0 Å². The Morgan fingerprint density at radius 2 is 0.417 bits per heavy atom. The highest BCUT2D eigenvalue weighted by Gasteiger charge is 2.26. The number of hydrogen-bond donors (Lipinski definition) is 8. The van der Waals surface area contributed by atoms with Gasteiger partial charge in [0.25, 0.3) is 0 Å². The Kier molecular flexibility index (Phi) is 14.5. The van der Waals surface area contributed by atoms with Crippen LogP contribution in [0.15, 0.2) is 0 Å². The highest BCUT2D eigenvalue weighted by molar-refractivity contribution is 5.77. The van der Waals surface area contributed by atoms with Gasteiger partial charge in [-0.1, -0.05) is 0 Å². The Balaban J connectivity index is 0.000000231. The summed E-state index contributed by atoms with van der Waals surface area (Å²) in [5.74, 6) is 4.96. The molecule has 8 aliphatic heterocycles. The van der Waals surface area contributed by atoms with Gasteiger partial charge in [-0.25, -0.2) is 0 Å². The van der Waals surface area contributed by atoms with Crippen LogP contribution in [0.1, 0.15) is 0 Å². The van der Waals surface area contributed by atoms with E-state index in [0.29, 0.717) is 0 Å². The molecular weight excluding hydrogens is 550 g/mol. The van der Waals surface area contributed by atoms with Gasteiger partial charge in [0.1, 0.15) is 0 Å². The van der Waals surface area contributed by atoms with Crippen LogP contribution in [0.5, 0.6) is 0 Å². The summed E-state index contributed by atoms with van der Waals surface area (Å²) >= 11 is 0. The van der Waals surface area contributed by atoms with Gasteiger partial charge in [-0.3, -0.25) is 60.8 Å². The molecule has 0 amide bonds. The van der Waals surface area contributed by atoms with E-state index in [2.05, 4.69) is 60.8 Å². The molecule has 8 N–H and O–H groups in total. The lowest BCUT2D eigenvalue weighted by Crippen LogP contribution is -3.00. The lowest BCUT2D eigenvalue weighted by molar-refractivity contribution is -0.507. The van der Waals surface area contributed by atoms with Gasteiger partial charge in [-0.05, 0) is 0 Å². The molecule has 0 fully saturated rings. The molecule has 8 heterocycles. The maximum atomic E-state index is 3.25. The number of guanidine groups is 4. The van der Waals surface area contributed by atoms with E-state index in [1.165, 1.54) is 76.2 Å². The van der Waals surface area contributed by atoms with Crippen molar-refractivity contribution in [3.8, 4) is 0 Å². The standard InChI is InChI=1S/4C5H9N3.4ClH/c4*1-3-8-4-2-7-5(8)6-1;;;;/h4*1-4H2,(H,6,7);4*1H. The van der Waals surface area contributed by atoms with E-state index in [1.807, 2.05) is 0 Å². The molecule has 8 rings (SSSR count). The minimum Gasteiger partial charge on any atom is -1.00 e. The summed E-state index contributed by atoms with van der Waals surface area (Å²) in [4.78, 5) is 0. The minimum atomic E-state index is 0. The quantitative estimate of drug-likeness (QED) is 0.132. The summed E-state index contributed by atoms with van der Waals surface area (Å²) in [5.41, 5.74) is 0. The SMILES string of the molecule is C1C[N+]2=C(N1)NCC2.C1C[N+]2=C(N1)NCC2.C1C[N+]2=C(N1)NCC2.C1C[N+]2=C(N1)NCC2.[Cl-].[Cl-].[Cl-].[Cl-]. The maximum absolute atomic E-state index is 3.25. The Hall–Kier alpha value is -1.76. The number of hydrogen-bond acceptors (Lipinski definition) is 8. The molecule has 0 bridgehead atoms. The summed E-state index contributed by atoms with van der Waals surface area (Å²) < 4.78 is 9.33. The smallest absolute Gasteiger partial charge is 0.346 e. The number of rotatable bonds is 0. The zero-order valence-electron chi connectivity index (χ0n) is 20.6. The minimum absolute atomic E-state index is 0. The largest absolute Gasteiger partial charge is 1.00 e. The molecule has 0 aliphatic carbocycles. The molecule has 0 radical (unpaired) electrons. The van der Waals surface area contributed by atoms with Gasteiger partial charge in [-0.2, -0.15) is 0 Å². The molecule has 0 atom stereocenters. The first kappa shape index (κ1) is 32.3. The second-order valence-electron chi connectivity index (χ2n) is 8.76. The van der Waals surface area contributed by atoms with Gasteiger partial charge in [0.05, 0.1) is 105 Å². The average Bonchev–Trinajstić information content (AvgIpc) is 3.57. The molecule has 0 saturated heterocycles. The van der Waals surface area contributed by atoms with Gasteiger partial charge in [0.15, 0.2) is 0 Å². The summed E-state index contributed by atoms with van der Waals surface area (Å²) in [6, 6.07) is 0. The van der Waals surface area contributed by atoms with Crippen LogP contribution in [0.2, 0.25) is 0 Å². The fourth-order valence-electron chi connectivity index (χ4n) is 4.96. The molecule has 0 aromatic rings. The Bertz CT molecular complexity index is 597. The molecular formula is C20H40Cl4N12. The van der Waals surface area contributed by atoms with E-state index in [0.717, 1.165) is 52.4 Å². The predicted octanol–water partition coefficient (Wildman–Crippen LogP) is -17.7. The maximum Gasteiger partial charge on any atom is 0.346 e. The lowest BCUT2D eigenvalue weighted by atomic mass is 10.6. The van der Waals surface area contributed by atoms with Gasteiger partial charge < -0.3 is 49.6 Å². The van der Waals surface area contributed by atoms with E-state index < -0.39 is 0 Å². The van der Waals surface area contributed by atoms with E-state index in [1.54, 1.807) is 0 Å². The molecule has 208 valence electrons. The predicted molar refractivity (Wildman–Crippen MR) is 124 cm³/mol. The van der Waals surface area contributed by atoms with Crippen molar-refractivity contribution in [3.05, 3.63) is 0 Å². The Labute approximate surface area is 238 Å². The summed E-state index contributed by atoms with van der Waals surface area (Å²) in [5, 5.41) is 26.0. The van der Waals surface area contributed by atoms with Crippen molar-refractivity contribution in [2.24, 2.45) is 0 Å². The van der Waals surface area contributed by atoms with Crippen LogP contribution in [-0.4, -0.2) is 147 Å². The second kappa shape index (κ2) is 16.2. The molecule has 0 unspecified atom stereocenters. The molecule has 0 aromatic heterocycles. The number of nitrogens with zero attached hydrogens (tertiary/aromatic N) is 4. The average molecular weight is 590 g/mol. The van der Waals surface area contributed by atoms with Gasteiger partial charge >= 0.3 is 23.8 Å². The molecule has 36 heavy (non-hydrogen) atoms. The third-order valence-electron chi connectivity index (χ3n) is 6.66. The molecule has 12 nitrogen and oxygen atoms in total.